The standard InChI is InChI=1S/C12H14N2O3S/c15-11(16)9-1-3-10(4-2-9)18-8-7-14-6-5-13-12(14)17/h1-4H,5-8H2,(H,13,17)(H,15,16). The van der Waals surface area contributed by atoms with E-state index in [0.29, 0.717) is 12.1 Å². The van der Waals surface area contributed by atoms with Crippen molar-refractivity contribution in [1.29, 1.82) is 0 Å². The van der Waals surface area contributed by atoms with E-state index < -0.39 is 5.97 Å². The molecule has 1 aliphatic heterocycles. The molecule has 0 spiro atoms. The van der Waals surface area contributed by atoms with E-state index in [0.717, 1.165) is 23.7 Å². The van der Waals surface area contributed by atoms with E-state index >= 15 is 0 Å². The molecule has 18 heavy (non-hydrogen) atoms. The molecular weight excluding hydrogens is 252 g/mol. The quantitative estimate of drug-likeness (QED) is 0.792. The van der Waals surface area contributed by atoms with Gasteiger partial charge in [0.1, 0.15) is 0 Å². The molecule has 0 radical (unpaired) electrons. The van der Waals surface area contributed by atoms with Gasteiger partial charge in [-0.05, 0) is 24.3 Å². The van der Waals surface area contributed by atoms with E-state index in [-0.39, 0.29) is 6.03 Å². The smallest absolute Gasteiger partial charge is 0.335 e. The molecule has 1 saturated heterocycles. The van der Waals surface area contributed by atoms with Crippen LogP contribution in [-0.2, 0) is 0 Å². The lowest BCUT2D eigenvalue weighted by Crippen LogP contribution is -2.30. The summed E-state index contributed by atoms with van der Waals surface area (Å²) in [5.74, 6) is -0.111. The molecule has 6 heteroatoms. The van der Waals surface area contributed by atoms with Gasteiger partial charge in [0.25, 0.3) is 0 Å². The molecule has 96 valence electrons. The summed E-state index contributed by atoms with van der Waals surface area (Å²) < 4.78 is 0. The first-order valence-electron chi connectivity index (χ1n) is 5.66. The van der Waals surface area contributed by atoms with Crippen LogP contribution in [0.1, 0.15) is 10.4 Å². The monoisotopic (exact) mass is 266 g/mol. The highest BCUT2D eigenvalue weighted by atomic mass is 32.2. The normalized spacial score (nSPS) is 14.7. The van der Waals surface area contributed by atoms with Gasteiger partial charge in [-0.15, -0.1) is 11.8 Å². The van der Waals surface area contributed by atoms with Crippen molar-refractivity contribution in [3.05, 3.63) is 29.8 Å². The number of benzene rings is 1. The van der Waals surface area contributed by atoms with Crippen molar-refractivity contribution in [2.24, 2.45) is 0 Å². The maximum Gasteiger partial charge on any atom is 0.335 e. The molecule has 2 rings (SSSR count). The molecule has 1 heterocycles. The van der Waals surface area contributed by atoms with Gasteiger partial charge in [-0.1, -0.05) is 0 Å². The summed E-state index contributed by atoms with van der Waals surface area (Å²) >= 11 is 1.62. The highest BCUT2D eigenvalue weighted by molar-refractivity contribution is 7.99. The third-order valence-corrected chi connectivity index (χ3v) is 3.67. The Morgan fingerprint density at radius 1 is 1.39 bits per heavy atom. The highest BCUT2D eigenvalue weighted by Gasteiger charge is 2.18. The summed E-state index contributed by atoms with van der Waals surface area (Å²) in [6, 6.07) is 6.76. The lowest BCUT2D eigenvalue weighted by Gasteiger charge is -2.13. The summed E-state index contributed by atoms with van der Waals surface area (Å²) in [6.07, 6.45) is 0. The molecule has 1 fully saturated rings. The van der Waals surface area contributed by atoms with Crippen LogP contribution in [0.25, 0.3) is 0 Å². The number of thioether (sulfide) groups is 1. The Morgan fingerprint density at radius 2 is 2.11 bits per heavy atom. The lowest BCUT2D eigenvalue weighted by molar-refractivity contribution is 0.0697. The number of carboxylic acid groups (broad SMARTS) is 1. The van der Waals surface area contributed by atoms with Gasteiger partial charge in [0.05, 0.1) is 5.56 Å². The second-order valence-corrected chi connectivity index (χ2v) is 5.07. The van der Waals surface area contributed by atoms with Crippen molar-refractivity contribution >= 4 is 23.8 Å². The van der Waals surface area contributed by atoms with Gasteiger partial charge in [-0.3, -0.25) is 0 Å². The topological polar surface area (TPSA) is 69.6 Å². The number of nitrogens with zero attached hydrogens (tertiary/aromatic N) is 1. The number of carbonyl (C=O) groups excluding carboxylic acids is 1. The number of amides is 2. The Balaban J connectivity index is 1.79. The minimum absolute atomic E-state index is 0.00294. The second kappa shape index (κ2) is 5.77. The molecule has 0 aliphatic carbocycles. The maximum atomic E-state index is 11.3. The number of rotatable bonds is 5. The summed E-state index contributed by atoms with van der Waals surface area (Å²) in [4.78, 5) is 24.7. The van der Waals surface area contributed by atoms with Gasteiger partial charge >= 0.3 is 12.0 Å². The van der Waals surface area contributed by atoms with Gasteiger partial charge in [-0.25, -0.2) is 9.59 Å². The van der Waals surface area contributed by atoms with E-state index in [1.165, 1.54) is 0 Å². The Hall–Kier alpha value is -1.69. The number of aromatic carboxylic acids is 1. The molecule has 0 bridgehead atoms. The number of urea groups is 1. The van der Waals surface area contributed by atoms with Crippen molar-refractivity contribution in [2.45, 2.75) is 4.90 Å². The first-order valence-corrected chi connectivity index (χ1v) is 6.64. The Kier molecular flexibility index (Phi) is 4.09. The molecule has 1 aliphatic rings. The van der Waals surface area contributed by atoms with Crippen molar-refractivity contribution in [2.75, 3.05) is 25.4 Å². The number of nitrogens with one attached hydrogen (secondary N) is 1. The van der Waals surface area contributed by atoms with Gasteiger partial charge < -0.3 is 15.3 Å². The van der Waals surface area contributed by atoms with Crippen molar-refractivity contribution < 1.29 is 14.7 Å². The third kappa shape index (κ3) is 3.16. The van der Waals surface area contributed by atoms with Crippen LogP contribution >= 0.6 is 11.8 Å². The van der Waals surface area contributed by atoms with E-state index in [2.05, 4.69) is 5.32 Å². The third-order valence-electron chi connectivity index (χ3n) is 2.68. The van der Waals surface area contributed by atoms with Gasteiger partial charge in [0.2, 0.25) is 0 Å². The predicted octanol–water partition coefficient (Wildman–Crippen LogP) is 1.50. The number of hydrogen-bond acceptors (Lipinski definition) is 3. The first kappa shape index (κ1) is 12.8. The van der Waals surface area contributed by atoms with Crippen LogP contribution in [0.5, 0.6) is 0 Å². The molecule has 2 N–H and O–H groups in total. The van der Waals surface area contributed by atoms with Crippen LogP contribution in [-0.4, -0.2) is 47.4 Å². The van der Waals surface area contributed by atoms with E-state index in [1.54, 1.807) is 40.9 Å². The van der Waals surface area contributed by atoms with Gasteiger partial charge in [0, 0.05) is 30.3 Å². The number of carbonyl (C=O) groups is 2. The molecule has 2 amide bonds. The number of carboxylic acids is 1. The molecule has 1 aromatic carbocycles. The Morgan fingerprint density at radius 3 is 2.67 bits per heavy atom. The summed E-state index contributed by atoms with van der Waals surface area (Å²) in [6.45, 7) is 2.19. The van der Waals surface area contributed by atoms with Crippen LogP contribution in [0.4, 0.5) is 4.79 Å². The minimum Gasteiger partial charge on any atom is -0.478 e. The SMILES string of the molecule is O=C(O)c1ccc(SCCN2CCNC2=O)cc1. The zero-order valence-electron chi connectivity index (χ0n) is 9.76. The van der Waals surface area contributed by atoms with Gasteiger partial charge in [-0.2, -0.15) is 0 Å². The summed E-state index contributed by atoms with van der Waals surface area (Å²) in [5.41, 5.74) is 0.290. The second-order valence-electron chi connectivity index (χ2n) is 3.90. The van der Waals surface area contributed by atoms with E-state index in [4.69, 9.17) is 5.11 Å². The molecule has 5 nitrogen and oxygen atoms in total. The van der Waals surface area contributed by atoms with Crippen molar-refractivity contribution in [3.8, 4) is 0 Å². The Bertz CT molecular complexity index is 447. The summed E-state index contributed by atoms with van der Waals surface area (Å²) in [7, 11) is 0. The average molecular weight is 266 g/mol. The van der Waals surface area contributed by atoms with Crippen LogP contribution in [0, 0.1) is 0 Å². The largest absolute Gasteiger partial charge is 0.478 e. The fraction of sp³-hybridized carbons (Fsp3) is 0.333. The molecular formula is C12H14N2O3S. The molecule has 0 aromatic heterocycles. The molecule has 0 saturated carbocycles. The predicted molar refractivity (Wildman–Crippen MR) is 69.1 cm³/mol. The van der Waals surface area contributed by atoms with Crippen molar-refractivity contribution in [1.82, 2.24) is 10.2 Å². The Labute approximate surface area is 109 Å². The summed E-state index contributed by atoms with van der Waals surface area (Å²) in [5, 5.41) is 11.5. The maximum absolute atomic E-state index is 11.3. The lowest BCUT2D eigenvalue weighted by atomic mass is 10.2. The minimum atomic E-state index is -0.916. The molecule has 1 aromatic rings. The van der Waals surface area contributed by atoms with Crippen LogP contribution in [0.3, 0.4) is 0 Å². The fourth-order valence-corrected chi connectivity index (χ4v) is 2.57. The zero-order chi connectivity index (χ0) is 13.0. The van der Waals surface area contributed by atoms with Gasteiger partial charge in [0.15, 0.2) is 0 Å². The molecule has 0 atom stereocenters. The fourth-order valence-electron chi connectivity index (χ4n) is 1.69. The van der Waals surface area contributed by atoms with E-state index in [9.17, 15) is 9.59 Å². The average Bonchev–Trinajstić information content (AvgIpc) is 2.76. The van der Waals surface area contributed by atoms with Crippen LogP contribution in [0.2, 0.25) is 0 Å². The van der Waals surface area contributed by atoms with Crippen LogP contribution < -0.4 is 5.32 Å². The van der Waals surface area contributed by atoms with E-state index in [1.807, 2.05) is 0 Å². The van der Waals surface area contributed by atoms with Crippen molar-refractivity contribution in [3.63, 3.8) is 0 Å². The number of hydrogen-bond donors (Lipinski definition) is 2. The first-order chi connectivity index (χ1) is 8.66. The molecule has 0 unspecified atom stereocenters. The zero-order valence-corrected chi connectivity index (χ0v) is 10.6. The van der Waals surface area contributed by atoms with Crippen LogP contribution in [0.15, 0.2) is 29.2 Å². The highest BCUT2D eigenvalue weighted by Crippen LogP contribution is 2.18.